The fourth-order valence-electron chi connectivity index (χ4n) is 3.81. The summed E-state index contributed by atoms with van der Waals surface area (Å²) in [5, 5.41) is 0. The van der Waals surface area contributed by atoms with Gasteiger partial charge in [-0.25, -0.2) is 0 Å². The molecule has 0 aliphatic carbocycles. The predicted molar refractivity (Wildman–Crippen MR) is 90.2 cm³/mol. The first-order valence-electron chi connectivity index (χ1n) is 8.08. The Morgan fingerprint density at radius 1 is 0.857 bits per heavy atom. The third-order valence-corrected chi connectivity index (χ3v) is 4.40. The highest BCUT2D eigenvalue weighted by Gasteiger charge is 2.52. The van der Waals surface area contributed by atoms with E-state index in [-0.39, 0.29) is 16.4 Å². The molecular weight excluding hydrogens is 256 g/mol. The van der Waals surface area contributed by atoms with Crippen LogP contribution in [0.3, 0.4) is 0 Å². The van der Waals surface area contributed by atoms with Gasteiger partial charge in [0.05, 0.1) is 11.7 Å². The van der Waals surface area contributed by atoms with Crippen LogP contribution in [0, 0.1) is 10.8 Å². The van der Waals surface area contributed by atoms with Crippen molar-refractivity contribution in [1.82, 2.24) is 9.88 Å². The summed E-state index contributed by atoms with van der Waals surface area (Å²) in [6, 6.07) is 5.13. The lowest BCUT2D eigenvalue weighted by Crippen LogP contribution is -2.49. The Labute approximate surface area is 131 Å². The Hall–Kier alpha value is -0.890. The van der Waals surface area contributed by atoms with Crippen LogP contribution in [0.4, 0.5) is 0 Å². The molecule has 0 aromatic carbocycles. The summed E-state index contributed by atoms with van der Waals surface area (Å²) in [6.45, 7) is 21.0. The molecule has 1 aliphatic rings. The van der Waals surface area contributed by atoms with E-state index in [0.717, 1.165) is 0 Å². The molecule has 0 saturated heterocycles. The Kier molecular flexibility index (Phi) is 3.77. The second-order valence-corrected chi connectivity index (χ2v) is 9.59. The molecule has 2 heterocycles. The van der Waals surface area contributed by atoms with E-state index >= 15 is 0 Å². The van der Waals surface area contributed by atoms with Gasteiger partial charge in [-0.2, -0.15) is 0 Å². The minimum absolute atomic E-state index is 0.108. The minimum Gasteiger partial charge on any atom is -0.282 e. The Morgan fingerprint density at radius 3 is 1.81 bits per heavy atom. The molecule has 2 heteroatoms. The van der Waals surface area contributed by atoms with E-state index in [1.54, 1.807) is 0 Å². The number of rotatable bonds is 0. The topological polar surface area (TPSA) is 16.1 Å². The summed E-state index contributed by atoms with van der Waals surface area (Å²) < 4.78 is 0. The second-order valence-electron chi connectivity index (χ2n) is 9.59. The number of fused-ring (bicyclic) bond motifs is 1. The average molecular weight is 288 g/mol. The molecule has 1 aromatic rings. The van der Waals surface area contributed by atoms with Crippen molar-refractivity contribution in [2.75, 3.05) is 0 Å². The molecule has 1 aliphatic heterocycles. The SMILES string of the molecule is CC(C)(C)C1c2cccnc2C(C(C)(C)C)N1C(C)(C)C. The highest BCUT2D eigenvalue weighted by molar-refractivity contribution is 5.35. The van der Waals surface area contributed by atoms with Crippen molar-refractivity contribution in [3.05, 3.63) is 29.6 Å². The maximum atomic E-state index is 4.79. The second kappa shape index (κ2) is 4.81. The molecule has 118 valence electrons. The van der Waals surface area contributed by atoms with E-state index in [4.69, 9.17) is 4.98 Å². The first kappa shape index (κ1) is 16.5. The summed E-state index contributed by atoms with van der Waals surface area (Å²) in [6.07, 6.45) is 1.95. The van der Waals surface area contributed by atoms with E-state index in [2.05, 4.69) is 79.3 Å². The third-order valence-electron chi connectivity index (χ3n) is 4.40. The van der Waals surface area contributed by atoms with E-state index < -0.39 is 0 Å². The van der Waals surface area contributed by atoms with Crippen LogP contribution in [0.25, 0.3) is 0 Å². The van der Waals surface area contributed by atoms with Crippen LogP contribution in [0.2, 0.25) is 0 Å². The molecule has 0 bridgehead atoms. The molecule has 0 saturated carbocycles. The molecule has 1 aromatic heterocycles. The standard InChI is InChI=1S/C19H32N2/c1-17(2,3)15-13-11-10-12-20-14(13)16(18(4,5)6)21(15)19(7,8)9/h10-12,15-16H,1-9H3. The largest absolute Gasteiger partial charge is 0.282 e. The first-order chi connectivity index (χ1) is 9.35. The number of nitrogens with zero attached hydrogens (tertiary/aromatic N) is 2. The van der Waals surface area contributed by atoms with Crippen molar-refractivity contribution in [1.29, 1.82) is 0 Å². The summed E-state index contributed by atoms with van der Waals surface area (Å²) >= 11 is 0. The van der Waals surface area contributed by atoms with Crippen molar-refractivity contribution in [3.63, 3.8) is 0 Å². The van der Waals surface area contributed by atoms with Gasteiger partial charge >= 0.3 is 0 Å². The molecule has 0 radical (unpaired) electrons. The summed E-state index contributed by atoms with van der Waals surface area (Å²) in [7, 11) is 0. The summed E-state index contributed by atoms with van der Waals surface area (Å²) in [5.41, 5.74) is 3.15. The quantitative estimate of drug-likeness (QED) is 0.638. The van der Waals surface area contributed by atoms with Gasteiger partial charge in [0.2, 0.25) is 0 Å². The molecule has 0 amide bonds. The van der Waals surface area contributed by atoms with E-state index in [1.807, 2.05) is 6.20 Å². The van der Waals surface area contributed by atoms with Crippen LogP contribution < -0.4 is 0 Å². The van der Waals surface area contributed by atoms with Gasteiger partial charge in [0.1, 0.15) is 0 Å². The molecule has 2 nitrogen and oxygen atoms in total. The maximum absolute atomic E-state index is 4.79. The van der Waals surface area contributed by atoms with E-state index in [0.29, 0.717) is 12.1 Å². The molecule has 0 N–H and O–H groups in total. The van der Waals surface area contributed by atoms with Crippen molar-refractivity contribution < 1.29 is 0 Å². The third kappa shape index (κ3) is 2.88. The lowest BCUT2D eigenvalue weighted by Gasteiger charge is -2.49. The van der Waals surface area contributed by atoms with Gasteiger partial charge in [-0.1, -0.05) is 47.6 Å². The predicted octanol–water partition coefficient (Wildman–Crippen LogP) is 5.37. The molecule has 2 rings (SSSR count). The van der Waals surface area contributed by atoms with Crippen molar-refractivity contribution in [2.45, 2.75) is 79.9 Å². The normalized spacial score (nSPS) is 24.2. The van der Waals surface area contributed by atoms with E-state index in [9.17, 15) is 0 Å². The maximum Gasteiger partial charge on any atom is 0.0629 e. The zero-order chi connectivity index (χ0) is 16.2. The van der Waals surface area contributed by atoms with Crippen LogP contribution in [0.5, 0.6) is 0 Å². The fraction of sp³-hybridized carbons (Fsp3) is 0.737. The van der Waals surface area contributed by atoms with Gasteiger partial charge in [-0.3, -0.25) is 9.88 Å². The van der Waals surface area contributed by atoms with Crippen molar-refractivity contribution in [3.8, 4) is 0 Å². The first-order valence-corrected chi connectivity index (χ1v) is 8.08. The van der Waals surface area contributed by atoms with Gasteiger partial charge in [0, 0.05) is 17.8 Å². The van der Waals surface area contributed by atoms with Crippen molar-refractivity contribution in [2.24, 2.45) is 10.8 Å². The van der Waals surface area contributed by atoms with Gasteiger partial charge in [0.15, 0.2) is 0 Å². The molecular formula is C19H32N2. The summed E-state index contributed by atoms with van der Waals surface area (Å²) in [4.78, 5) is 7.49. The van der Waals surface area contributed by atoms with Crippen LogP contribution in [0.1, 0.15) is 85.7 Å². The van der Waals surface area contributed by atoms with Crippen LogP contribution in [0.15, 0.2) is 18.3 Å². The minimum atomic E-state index is 0.108. The highest BCUT2D eigenvalue weighted by atomic mass is 15.3. The Morgan fingerprint density at radius 2 is 1.38 bits per heavy atom. The lowest BCUT2D eigenvalue weighted by molar-refractivity contribution is -0.0372. The monoisotopic (exact) mass is 288 g/mol. The Balaban J connectivity index is 2.71. The smallest absolute Gasteiger partial charge is 0.0629 e. The summed E-state index contributed by atoms with van der Waals surface area (Å²) in [5.74, 6) is 0. The van der Waals surface area contributed by atoms with Gasteiger partial charge in [-0.05, 0) is 43.2 Å². The number of hydrogen-bond acceptors (Lipinski definition) is 2. The zero-order valence-electron chi connectivity index (χ0n) is 15.3. The van der Waals surface area contributed by atoms with Gasteiger partial charge < -0.3 is 0 Å². The number of aromatic nitrogens is 1. The molecule has 2 atom stereocenters. The zero-order valence-corrected chi connectivity index (χ0v) is 15.3. The molecule has 0 fully saturated rings. The fourth-order valence-corrected chi connectivity index (χ4v) is 3.81. The van der Waals surface area contributed by atoms with Crippen LogP contribution >= 0.6 is 0 Å². The van der Waals surface area contributed by atoms with Crippen molar-refractivity contribution >= 4 is 0 Å². The average Bonchev–Trinajstić information content (AvgIpc) is 2.62. The van der Waals surface area contributed by atoms with E-state index in [1.165, 1.54) is 11.3 Å². The van der Waals surface area contributed by atoms with Gasteiger partial charge in [0.25, 0.3) is 0 Å². The lowest BCUT2D eigenvalue weighted by atomic mass is 9.80. The number of pyridine rings is 1. The number of hydrogen-bond donors (Lipinski definition) is 0. The molecule has 21 heavy (non-hydrogen) atoms. The highest BCUT2D eigenvalue weighted by Crippen LogP contribution is 2.57. The Bertz CT molecular complexity index is 471. The van der Waals surface area contributed by atoms with Gasteiger partial charge in [-0.15, -0.1) is 0 Å². The van der Waals surface area contributed by atoms with Crippen LogP contribution in [-0.4, -0.2) is 15.4 Å². The molecule has 0 spiro atoms. The molecule has 2 unspecified atom stereocenters. The van der Waals surface area contributed by atoms with Crippen LogP contribution in [-0.2, 0) is 0 Å².